The molecule has 1 unspecified atom stereocenters. The van der Waals surface area contributed by atoms with E-state index in [9.17, 15) is 24.9 Å². The minimum Gasteiger partial charge on any atom is -0.502 e. The Kier molecular flexibility index (Phi) is 2.19. The van der Waals surface area contributed by atoms with E-state index >= 15 is 0 Å². The van der Waals surface area contributed by atoms with Crippen LogP contribution in [0.15, 0.2) is 15.8 Å². The number of hydrogen-bond donors (Lipinski definition) is 4. The molecule has 1 aromatic heterocycles. The molecule has 0 radical (unpaired) electrons. The highest BCUT2D eigenvalue weighted by molar-refractivity contribution is 5.16. The van der Waals surface area contributed by atoms with E-state index in [4.69, 9.17) is 4.74 Å². The van der Waals surface area contributed by atoms with Gasteiger partial charge in [-0.3, -0.25) is 14.3 Å². The molecule has 4 atom stereocenters. The van der Waals surface area contributed by atoms with E-state index in [0.717, 1.165) is 10.8 Å². The number of H-pyrrole nitrogens is 1. The predicted octanol–water partition coefficient (Wildman–Crippen LogP) is -2.12. The first-order chi connectivity index (χ1) is 8.48. The highest BCUT2D eigenvalue weighted by Crippen LogP contribution is 2.58. The zero-order valence-electron chi connectivity index (χ0n) is 9.24. The molecule has 1 aliphatic heterocycles. The maximum atomic E-state index is 11.6. The van der Waals surface area contributed by atoms with Crippen molar-refractivity contribution in [3.05, 3.63) is 27.0 Å². The average molecular weight is 256 g/mol. The zero-order valence-corrected chi connectivity index (χ0v) is 9.24. The van der Waals surface area contributed by atoms with Crippen molar-refractivity contribution in [2.75, 3.05) is 6.61 Å². The number of aromatic amines is 1. The number of fused-ring (bicyclic) bond motifs is 1. The molecule has 0 bridgehead atoms. The van der Waals surface area contributed by atoms with Crippen LogP contribution in [0.5, 0.6) is 5.75 Å². The minimum absolute atomic E-state index is 0.228. The van der Waals surface area contributed by atoms with Crippen molar-refractivity contribution in [2.24, 2.45) is 5.92 Å². The van der Waals surface area contributed by atoms with Crippen LogP contribution in [-0.4, -0.2) is 43.2 Å². The van der Waals surface area contributed by atoms with E-state index in [-0.39, 0.29) is 12.5 Å². The Morgan fingerprint density at radius 3 is 2.89 bits per heavy atom. The second-order valence-electron chi connectivity index (χ2n) is 4.71. The van der Waals surface area contributed by atoms with Gasteiger partial charge in [-0.2, -0.15) is 0 Å². The Morgan fingerprint density at radius 2 is 2.28 bits per heavy atom. The number of aliphatic hydroxyl groups is 2. The lowest BCUT2D eigenvalue weighted by molar-refractivity contribution is -0.0929. The molecular formula is C10H12N2O6. The fraction of sp³-hybridized carbons (Fsp3) is 0.600. The van der Waals surface area contributed by atoms with Gasteiger partial charge in [0.2, 0.25) is 0 Å². The Hall–Kier alpha value is -1.64. The lowest BCUT2D eigenvalue weighted by atomic mass is 10.2. The summed E-state index contributed by atoms with van der Waals surface area (Å²) >= 11 is 0. The summed E-state index contributed by atoms with van der Waals surface area (Å²) in [6.07, 6.45) is -0.512. The van der Waals surface area contributed by atoms with Crippen LogP contribution in [0.3, 0.4) is 0 Å². The molecule has 2 aliphatic rings. The first kappa shape index (κ1) is 11.5. The summed E-state index contributed by atoms with van der Waals surface area (Å²) in [6, 6.07) is 0. The number of ether oxygens (including phenoxy) is 1. The third-order valence-electron chi connectivity index (χ3n) is 3.63. The molecule has 4 N–H and O–H groups in total. The molecule has 0 spiro atoms. The number of hydrogen-bond acceptors (Lipinski definition) is 6. The van der Waals surface area contributed by atoms with Gasteiger partial charge in [0, 0.05) is 5.92 Å². The highest BCUT2D eigenvalue weighted by atomic mass is 16.6. The first-order valence-corrected chi connectivity index (χ1v) is 5.50. The van der Waals surface area contributed by atoms with Crippen LogP contribution < -0.4 is 11.2 Å². The maximum Gasteiger partial charge on any atom is 0.330 e. The number of nitrogens with one attached hydrogen (secondary N) is 1. The second kappa shape index (κ2) is 3.44. The van der Waals surface area contributed by atoms with Gasteiger partial charge in [0.1, 0.15) is 6.10 Å². The van der Waals surface area contributed by atoms with Crippen LogP contribution in [0.4, 0.5) is 0 Å². The van der Waals surface area contributed by atoms with Gasteiger partial charge in [-0.15, -0.1) is 0 Å². The topological polar surface area (TPSA) is 125 Å². The smallest absolute Gasteiger partial charge is 0.330 e. The van der Waals surface area contributed by atoms with E-state index in [2.05, 4.69) is 0 Å². The Morgan fingerprint density at radius 1 is 1.56 bits per heavy atom. The van der Waals surface area contributed by atoms with Crippen molar-refractivity contribution in [1.82, 2.24) is 9.55 Å². The monoisotopic (exact) mass is 256 g/mol. The number of aromatic nitrogens is 2. The van der Waals surface area contributed by atoms with Gasteiger partial charge in [-0.1, -0.05) is 0 Å². The van der Waals surface area contributed by atoms with Gasteiger partial charge < -0.3 is 20.1 Å². The van der Waals surface area contributed by atoms with E-state index in [1.165, 1.54) is 0 Å². The largest absolute Gasteiger partial charge is 0.502 e. The molecule has 2 fully saturated rings. The third-order valence-corrected chi connectivity index (χ3v) is 3.63. The molecule has 2 heterocycles. The maximum absolute atomic E-state index is 11.6. The molecular weight excluding hydrogens is 244 g/mol. The normalized spacial score (nSPS) is 37.6. The molecule has 1 saturated heterocycles. The molecule has 98 valence electrons. The Labute approximate surface area is 100 Å². The lowest BCUT2D eigenvalue weighted by Gasteiger charge is -2.21. The quantitative estimate of drug-likeness (QED) is 0.479. The molecule has 8 heteroatoms. The summed E-state index contributed by atoms with van der Waals surface area (Å²) in [7, 11) is 0. The second-order valence-corrected chi connectivity index (χ2v) is 4.71. The zero-order chi connectivity index (χ0) is 13.1. The molecule has 1 aliphatic carbocycles. The molecule has 0 aromatic carbocycles. The summed E-state index contributed by atoms with van der Waals surface area (Å²) < 4.78 is 6.40. The number of aliphatic hydroxyl groups excluding tert-OH is 2. The third kappa shape index (κ3) is 1.36. The molecule has 18 heavy (non-hydrogen) atoms. The molecule has 1 saturated carbocycles. The van der Waals surface area contributed by atoms with Gasteiger partial charge in [-0.25, -0.2) is 4.79 Å². The van der Waals surface area contributed by atoms with Crippen molar-refractivity contribution in [3.63, 3.8) is 0 Å². The van der Waals surface area contributed by atoms with Crippen LogP contribution in [0.25, 0.3) is 0 Å². The summed E-state index contributed by atoms with van der Waals surface area (Å²) in [4.78, 5) is 24.5. The predicted molar refractivity (Wildman–Crippen MR) is 57.0 cm³/mol. The van der Waals surface area contributed by atoms with E-state index in [0.29, 0.717) is 6.42 Å². The van der Waals surface area contributed by atoms with E-state index in [1.54, 1.807) is 0 Å². The van der Waals surface area contributed by atoms with Crippen molar-refractivity contribution < 1.29 is 20.1 Å². The van der Waals surface area contributed by atoms with Crippen molar-refractivity contribution >= 4 is 0 Å². The number of nitrogens with zero attached hydrogens (tertiary/aromatic N) is 1. The Bertz CT molecular complexity index is 607. The van der Waals surface area contributed by atoms with E-state index in [1.807, 2.05) is 4.98 Å². The molecule has 8 nitrogen and oxygen atoms in total. The standard InChI is InChI=1S/C10H12N2O6/c13-3-10-1-4(10)6(15)8(18-10)12-2-5(14)7(16)11-9(12)17/h2,4,6,8,13-15H,1,3H2,(H,11,16,17)/t4?,6-,8+,10+/m0/s1. The van der Waals surface area contributed by atoms with Gasteiger partial charge in [0.25, 0.3) is 5.56 Å². The van der Waals surface area contributed by atoms with Gasteiger partial charge in [0.05, 0.1) is 18.4 Å². The van der Waals surface area contributed by atoms with Gasteiger partial charge in [-0.05, 0) is 6.42 Å². The van der Waals surface area contributed by atoms with Gasteiger partial charge in [0.15, 0.2) is 12.0 Å². The number of aromatic hydroxyl groups is 1. The van der Waals surface area contributed by atoms with Crippen LogP contribution in [0.2, 0.25) is 0 Å². The number of rotatable bonds is 2. The summed E-state index contributed by atoms with van der Waals surface area (Å²) in [5.74, 6) is -0.863. The van der Waals surface area contributed by atoms with Crippen molar-refractivity contribution in [2.45, 2.75) is 24.4 Å². The average Bonchev–Trinajstić information content (AvgIpc) is 2.99. The molecule has 3 rings (SSSR count). The van der Waals surface area contributed by atoms with Gasteiger partial charge >= 0.3 is 5.69 Å². The summed E-state index contributed by atoms with van der Waals surface area (Å²) in [5.41, 5.74) is -2.48. The summed E-state index contributed by atoms with van der Waals surface area (Å²) in [6.45, 7) is -0.241. The fourth-order valence-electron chi connectivity index (χ4n) is 2.49. The molecule has 1 aromatic rings. The van der Waals surface area contributed by atoms with Crippen LogP contribution in [0.1, 0.15) is 12.6 Å². The fourth-order valence-corrected chi connectivity index (χ4v) is 2.49. The Balaban J connectivity index is 2.00. The van der Waals surface area contributed by atoms with Crippen LogP contribution in [0, 0.1) is 5.92 Å². The molecule has 0 amide bonds. The van der Waals surface area contributed by atoms with Crippen LogP contribution >= 0.6 is 0 Å². The lowest BCUT2D eigenvalue weighted by Crippen LogP contribution is -2.36. The van der Waals surface area contributed by atoms with Crippen molar-refractivity contribution in [3.8, 4) is 5.75 Å². The summed E-state index contributed by atoms with van der Waals surface area (Å²) in [5, 5.41) is 28.4. The minimum atomic E-state index is -1.01. The van der Waals surface area contributed by atoms with Crippen molar-refractivity contribution in [1.29, 1.82) is 0 Å². The SMILES string of the molecule is O=c1[nH]c(=O)n([C@@H]2O[C@@]3(CO)CC3[C@@H]2O)cc1O. The highest BCUT2D eigenvalue weighted by Gasteiger charge is 2.67. The first-order valence-electron chi connectivity index (χ1n) is 5.50. The van der Waals surface area contributed by atoms with Crippen LogP contribution in [-0.2, 0) is 4.74 Å². The van der Waals surface area contributed by atoms with E-state index < -0.39 is 34.9 Å².